The highest BCUT2D eigenvalue weighted by Crippen LogP contribution is 2.29. The average molecular weight is 331 g/mol. The summed E-state index contributed by atoms with van der Waals surface area (Å²) in [7, 11) is 0. The highest BCUT2D eigenvalue weighted by Gasteiger charge is 2.14. The van der Waals surface area contributed by atoms with Gasteiger partial charge in [-0.1, -0.05) is 16.8 Å². The first kappa shape index (κ1) is 16.2. The molecule has 0 radical (unpaired) electrons. The lowest BCUT2D eigenvalue weighted by Gasteiger charge is -2.09. The van der Waals surface area contributed by atoms with Gasteiger partial charge in [0.05, 0.1) is 17.1 Å². The second-order valence-electron chi connectivity index (χ2n) is 4.55. The van der Waals surface area contributed by atoms with E-state index in [-0.39, 0.29) is 23.1 Å². The van der Waals surface area contributed by atoms with E-state index >= 15 is 0 Å². The minimum atomic E-state index is -2.96. The van der Waals surface area contributed by atoms with Gasteiger partial charge in [0.25, 0.3) is 0 Å². The van der Waals surface area contributed by atoms with Gasteiger partial charge in [0.1, 0.15) is 11.5 Å². The molecule has 118 valence electrons. The first-order chi connectivity index (χ1) is 10.4. The fourth-order valence-corrected chi connectivity index (χ4v) is 2.12. The molecule has 22 heavy (non-hydrogen) atoms. The van der Waals surface area contributed by atoms with E-state index in [4.69, 9.17) is 16.1 Å². The van der Waals surface area contributed by atoms with Crippen LogP contribution in [-0.2, 0) is 11.2 Å². The summed E-state index contributed by atoms with van der Waals surface area (Å²) in [6.07, 6.45) is 0.0913. The highest BCUT2D eigenvalue weighted by molar-refractivity contribution is 6.32. The number of nitrogens with zero attached hydrogens (tertiary/aromatic N) is 1. The average Bonchev–Trinajstić information content (AvgIpc) is 2.73. The molecule has 0 aliphatic rings. The molecule has 0 spiro atoms. The minimum Gasteiger partial charge on any atom is -0.433 e. The van der Waals surface area contributed by atoms with Gasteiger partial charge in [0.15, 0.2) is 0 Å². The molecule has 2 rings (SSSR count). The minimum absolute atomic E-state index is 0.0181. The molecule has 0 atom stereocenters. The molecule has 0 fully saturated rings. The van der Waals surface area contributed by atoms with E-state index in [2.05, 4.69) is 15.2 Å². The van der Waals surface area contributed by atoms with Crippen molar-refractivity contribution < 1.29 is 22.8 Å². The van der Waals surface area contributed by atoms with E-state index in [1.165, 1.54) is 18.2 Å². The van der Waals surface area contributed by atoms with Gasteiger partial charge < -0.3 is 14.6 Å². The van der Waals surface area contributed by atoms with Crippen molar-refractivity contribution in [1.29, 1.82) is 0 Å². The zero-order valence-corrected chi connectivity index (χ0v) is 12.6. The zero-order chi connectivity index (χ0) is 16.3. The van der Waals surface area contributed by atoms with Gasteiger partial charge in [0, 0.05) is 11.3 Å². The number of aryl methyl sites for hydroxylation is 2. The number of halogens is 3. The first-order valence-corrected chi connectivity index (χ1v) is 6.70. The number of amides is 1. The van der Waals surface area contributed by atoms with Crippen LogP contribution >= 0.6 is 11.6 Å². The quantitative estimate of drug-likeness (QED) is 0.907. The van der Waals surface area contributed by atoms with Crippen LogP contribution in [0.5, 0.6) is 5.75 Å². The van der Waals surface area contributed by atoms with E-state index in [1.807, 2.05) is 0 Å². The summed E-state index contributed by atoms with van der Waals surface area (Å²) in [5, 5.41) is 6.37. The number of nitrogens with one attached hydrogen (secondary N) is 1. The maximum Gasteiger partial charge on any atom is 0.387 e. The fraction of sp³-hybridized carbons (Fsp3) is 0.286. The van der Waals surface area contributed by atoms with Gasteiger partial charge >= 0.3 is 6.61 Å². The van der Waals surface area contributed by atoms with E-state index < -0.39 is 6.61 Å². The molecule has 1 aromatic carbocycles. The number of rotatable bonds is 5. The molecule has 0 aliphatic carbocycles. The Hall–Kier alpha value is -2.15. The van der Waals surface area contributed by atoms with Crippen LogP contribution in [0.15, 0.2) is 22.7 Å². The largest absolute Gasteiger partial charge is 0.433 e. The van der Waals surface area contributed by atoms with E-state index in [0.29, 0.717) is 22.7 Å². The summed E-state index contributed by atoms with van der Waals surface area (Å²) in [4.78, 5) is 12.0. The van der Waals surface area contributed by atoms with Crippen molar-refractivity contribution >= 4 is 23.2 Å². The predicted octanol–water partition coefficient (Wildman–Crippen LogP) is 3.73. The Kier molecular flexibility index (Phi) is 4.97. The molecule has 0 saturated carbocycles. The van der Waals surface area contributed by atoms with Crippen LogP contribution in [0.25, 0.3) is 0 Å². The second kappa shape index (κ2) is 6.74. The molecular weight excluding hydrogens is 318 g/mol. The number of hydrogen-bond acceptors (Lipinski definition) is 4. The monoisotopic (exact) mass is 330 g/mol. The third-order valence-corrected chi connectivity index (χ3v) is 3.25. The van der Waals surface area contributed by atoms with Gasteiger partial charge in [0.2, 0.25) is 5.91 Å². The third-order valence-electron chi connectivity index (χ3n) is 2.95. The lowest BCUT2D eigenvalue weighted by atomic mass is 10.1. The Balaban J connectivity index is 2.04. The van der Waals surface area contributed by atoms with Crippen LogP contribution in [0, 0.1) is 13.8 Å². The van der Waals surface area contributed by atoms with Gasteiger partial charge in [-0.3, -0.25) is 4.79 Å². The third kappa shape index (κ3) is 3.94. The van der Waals surface area contributed by atoms with Crippen molar-refractivity contribution in [3.8, 4) is 5.75 Å². The molecule has 2 aromatic rings. The smallest absolute Gasteiger partial charge is 0.387 e. The second-order valence-corrected chi connectivity index (χ2v) is 4.96. The van der Waals surface area contributed by atoms with Crippen LogP contribution in [0.2, 0.25) is 5.02 Å². The van der Waals surface area contributed by atoms with Crippen molar-refractivity contribution in [2.45, 2.75) is 26.9 Å². The SMILES string of the molecule is Cc1noc(C)c1CC(=O)Nc1ccc(OC(F)F)c(Cl)c1. The molecule has 0 unspecified atom stereocenters. The standard InChI is InChI=1S/C14H13ClF2N2O3/c1-7-10(8(2)22-19-7)6-13(20)18-9-3-4-12(11(15)5-9)21-14(16)17/h3-5,14H,6H2,1-2H3,(H,18,20). The summed E-state index contributed by atoms with van der Waals surface area (Å²) in [6.45, 7) is 0.500. The number of ether oxygens (including phenoxy) is 1. The van der Waals surface area contributed by atoms with Crippen molar-refractivity contribution in [3.05, 3.63) is 40.2 Å². The molecule has 1 amide bonds. The highest BCUT2D eigenvalue weighted by atomic mass is 35.5. The molecular formula is C14H13ClF2N2O3. The molecule has 1 N–H and O–H groups in total. The molecule has 8 heteroatoms. The van der Waals surface area contributed by atoms with Gasteiger partial charge in [-0.2, -0.15) is 8.78 Å². The summed E-state index contributed by atoms with van der Waals surface area (Å²) >= 11 is 5.82. The maximum absolute atomic E-state index is 12.1. The van der Waals surface area contributed by atoms with Gasteiger partial charge in [-0.25, -0.2) is 0 Å². The van der Waals surface area contributed by atoms with Crippen LogP contribution in [0.4, 0.5) is 14.5 Å². The van der Waals surface area contributed by atoms with Crippen molar-refractivity contribution in [2.75, 3.05) is 5.32 Å². The Labute approximate surface area is 130 Å². The number of benzene rings is 1. The van der Waals surface area contributed by atoms with E-state index in [1.54, 1.807) is 13.8 Å². The Bertz CT molecular complexity index is 669. The fourth-order valence-electron chi connectivity index (χ4n) is 1.89. The normalized spacial score (nSPS) is 10.8. The summed E-state index contributed by atoms with van der Waals surface area (Å²) in [5.74, 6) is 0.125. The van der Waals surface area contributed by atoms with E-state index in [0.717, 1.165) is 0 Å². The topological polar surface area (TPSA) is 64.4 Å². The molecule has 1 heterocycles. The molecule has 0 saturated heterocycles. The molecule has 0 bridgehead atoms. The number of carbonyl (C=O) groups is 1. The lowest BCUT2D eigenvalue weighted by molar-refractivity contribution is -0.115. The zero-order valence-electron chi connectivity index (χ0n) is 11.8. The van der Waals surface area contributed by atoms with Gasteiger partial charge in [-0.15, -0.1) is 0 Å². The lowest BCUT2D eigenvalue weighted by Crippen LogP contribution is -2.15. The maximum atomic E-state index is 12.1. The van der Waals surface area contributed by atoms with E-state index in [9.17, 15) is 13.6 Å². The van der Waals surface area contributed by atoms with Gasteiger partial charge in [-0.05, 0) is 32.0 Å². The summed E-state index contributed by atoms with van der Waals surface area (Å²) < 4.78 is 33.5. The number of hydrogen-bond donors (Lipinski definition) is 1. The Morgan fingerprint density at radius 2 is 2.18 bits per heavy atom. The molecule has 1 aromatic heterocycles. The number of anilines is 1. The van der Waals surface area contributed by atoms with Crippen LogP contribution in [-0.4, -0.2) is 17.7 Å². The molecule has 0 aliphatic heterocycles. The summed E-state index contributed by atoms with van der Waals surface area (Å²) in [6, 6.07) is 4.03. The number of aromatic nitrogens is 1. The first-order valence-electron chi connectivity index (χ1n) is 6.32. The Morgan fingerprint density at radius 1 is 1.45 bits per heavy atom. The number of alkyl halides is 2. The number of carbonyl (C=O) groups excluding carboxylic acids is 1. The van der Waals surface area contributed by atoms with Crippen molar-refractivity contribution in [3.63, 3.8) is 0 Å². The van der Waals surface area contributed by atoms with Crippen LogP contribution < -0.4 is 10.1 Å². The van der Waals surface area contributed by atoms with Crippen molar-refractivity contribution in [1.82, 2.24) is 5.16 Å². The summed E-state index contributed by atoms with van der Waals surface area (Å²) in [5.41, 5.74) is 1.73. The Morgan fingerprint density at radius 3 is 2.73 bits per heavy atom. The molecule has 5 nitrogen and oxygen atoms in total. The predicted molar refractivity (Wildman–Crippen MR) is 76.4 cm³/mol. The van der Waals surface area contributed by atoms with Crippen molar-refractivity contribution in [2.24, 2.45) is 0 Å². The van der Waals surface area contributed by atoms with Crippen LogP contribution in [0.3, 0.4) is 0 Å². The van der Waals surface area contributed by atoms with Crippen LogP contribution in [0.1, 0.15) is 17.0 Å².